The molecule has 0 amide bonds. The zero-order valence-corrected chi connectivity index (χ0v) is 23.1. The molecule has 2 aromatic carbocycles. The Hall–Kier alpha value is -3.00. The second kappa shape index (κ2) is 10.3. The predicted octanol–water partition coefficient (Wildman–Crippen LogP) is 6.17. The molecule has 6 rings (SSSR count). The fraction of sp³-hybridized carbons (Fsp3) is 0.379. The summed E-state index contributed by atoms with van der Waals surface area (Å²) >= 11 is 12.7. The van der Waals surface area contributed by atoms with Crippen LogP contribution in [0.25, 0.3) is 22.2 Å². The third-order valence-electron chi connectivity index (χ3n) is 7.75. The number of nitrogens with zero attached hydrogens (tertiary/aromatic N) is 4. The lowest BCUT2D eigenvalue weighted by molar-refractivity contribution is 0.0602. The molecule has 0 unspecified atom stereocenters. The second-order valence-corrected chi connectivity index (χ2v) is 11.0. The summed E-state index contributed by atoms with van der Waals surface area (Å²) in [5, 5.41) is 6.56. The van der Waals surface area contributed by atoms with E-state index in [0.717, 1.165) is 79.9 Å². The molecule has 1 saturated carbocycles. The third-order valence-corrected chi connectivity index (χ3v) is 8.30. The van der Waals surface area contributed by atoms with Crippen LogP contribution in [0.5, 0.6) is 0 Å². The van der Waals surface area contributed by atoms with Crippen LogP contribution < -0.4 is 4.90 Å². The maximum absolute atomic E-state index is 12.1. The number of rotatable bonds is 7. The highest BCUT2D eigenvalue weighted by atomic mass is 35.5. The van der Waals surface area contributed by atoms with Crippen LogP contribution in [-0.2, 0) is 18.2 Å². The van der Waals surface area contributed by atoms with E-state index in [4.69, 9.17) is 32.5 Å². The molecule has 2 fully saturated rings. The van der Waals surface area contributed by atoms with Crippen molar-refractivity contribution in [2.24, 2.45) is 7.05 Å². The van der Waals surface area contributed by atoms with Crippen molar-refractivity contribution in [2.45, 2.75) is 25.2 Å². The monoisotopic (exact) mass is 552 g/mol. The van der Waals surface area contributed by atoms with Gasteiger partial charge in [0.1, 0.15) is 11.5 Å². The van der Waals surface area contributed by atoms with E-state index < -0.39 is 0 Å². The van der Waals surface area contributed by atoms with Crippen molar-refractivity contribution in [1.82, 2.24) is 14.6 Å². The summed E-state index contributed by atoms with van der Waals surface area (Å²) in [6.07, 6.45) is 5.02. The Balaban J connectivity index is 1.14. The molecule has 3 heterocycles. The molecule has 198 valence electrons. The number of hydrogen-bond donors (Lipinski definition) is 0. The molecule has 0 radical (unpaired) electrons. The normalized spacial score (nSPS) is 16.4. The van der Waals surface area contributed by atoms with Gasteiger partial charge in [0.05, 0.1) is 23.2 Å². The van der Waals surface area contributed by atoms with Crippen molar-refractivity contribution in [3.63, 3.8) is 0 Å². The smallest absolute Gasteiger partial charge is 0.340 e. The highest BCUT2D eigenvalue weighted by molar-refractivity contribution is 6.36. The van der Waals surface area contributed by atoms with Gasteiger partial charge in [-0.2, -0.15) is 0 Å². The number of aromatic nitrogens is 2. The molecule has 1 saturated heterocycles. The number of carbonyl (C=O) groups is 1. The van der Waals surface area contributed by atoms with Gasteiger partial charge >= 0.3 is 5.97 Å². The molecule has 1 aliphatic heterocycles. The molecular weight excluding hydrogens is 523 g/mol. The first-order chi connectivity index (χ1) is 18.4. The van der Waals surface area contributed by atoms with Gasteiger partial charge in [0, 0.05) is 79.1 Å². The van der Waals surface area contributed by atoms with Crippen molar-refractivity contribution in [3.8, 4) is 11.3 Å². The van der Waals surface area contributed by atoms with Crippen LogP contribution in [0, 0.1) is 0 Å². The lowest BCUT2D eigenvalue weighted by Gasteiger charge is -2.36. The molecule has 0 N–H and O–H groups in total. The van der Waals surface area contributed by atoms with E-state index >= 15 is 0 Å². The topological polar surface area (TPSA) is 63.7 Å². The number of halogens is 2. The lowest BCUT2D eigenvalue weighted by Crippen LogP contribution is -2.47. The lowest BCUT2D eigenvalue weighted by atomic mass is 10.0. The summed E-state index contributed by atoms with van der Waals surface area (Å²) in [6.45, 7) is 4.76. The van der Waals surface area contributed by atoms with Crippen LogP contribution in [0.3, 0.4) is 0 Å². The van der Waals surface area contributed by atoms with Gasteiger partial charge < -0.3 is 18.7 Å². The number of hydrogen-bond acceptors (Lipinski definition) is 6. The minimum Gasteiger partial charge on any atom is -0.465 e. The standard InChI is InChI=1S/C29H30Cl2N4O3/c1-33-17-24(29(36)37-2)21-8-6-20(16-26(21)33)35-13-11-34(12-14-35)10-9-23-27(32-38-28(23)18-3-4-18)22-7-5-19(30)15-25(22)31/h5-8,15-18H,3-4,9-14H2,1-2H3. The summed E-state index contributed by atoms with van der Waals surface area (Å²) < 4.78 is 12.8. The fourth-order valence-electron chi connectivity index (χ4n) is 5.46. The molecule has 0 atom stereocenters. The Kier molecular flexibility index (Phi) is 6.84. The number of ether oxygens (including phenoxy) is 1. The second-order valence-electron chi connectivity index (χ2n) is 10.2. The molecule has 38 heavy (non-hydrogen) atoms. The highest BCUT2D eigenvalue weighted by Gasteiger charge is 2.33. The summed E-state index contributed by atoms with van der Waals surface area (Å²) in [5.41, 5.74) is 5.69. The maximum Gasteiger partial charge on any atom is 0.340 e. The first-order valence-electron chi connectivity index (χ1n) is 13.0. The minimum absolute atomic E-state index is 0.309. The van der Waals surface area contributed by atoms with E-state index in [9.17, 15) is 4.79 Å². The Morgan fingerprint density at radius 2 is 1.89 bits per heavy atom. The van der Waals surface area contributed by atoms with Gasteiger partial charge in [-0.3, -0.25) is 4.90 Å². The molecule has 9 heteroatoms. The first-order valence-corrected chi connectivity index (χ1v) is 13.8. The number of fused-ring (bicyclic) bond motifs is 1. The van der Waals surface area contributed by atoms with Gasteiger partial charge in [0.25, 0.3) is 0 Å². The number of carbonyl (C=O) groups excluding carboxylic acids is 1. The fourth-order valence-corrected chi connectivity index (χ4v) is 5.96. The summed E-state index contributed by atoms with van der Waals surface area (Å²) in [4.78, 5) is 17.0. The summed E-state index contributed by atoms with van der Waals surface area (Å²) in [5.74, 6) is 1.18. The van der Waals surface area contributed by atoms with E-state index in [1.807, 2.05) is 36.0 Å². The van der Waals surface area contributed by atoms with Gasteiger partial charge in [-0.25, -0.2) is 4.79 Å². The Morgan fingerprint density at radius 1 is 1.11 bits per heavy atom. The van der Waals surface area contributed by atoms with Gasteiger partial charge in [0.15, 0.2) is 0 Å². The van der Waals surface area contributed by atoms with Crippen LogP contribution in [0.4, 0.5) is 5.69 Å². The van der Waals surface area contributed by atoms with Gasteiger partial charge in [-0.05, 0) is 55.7 Å². The van der Waals surface area contributed by atoms with Crippen LogP contribution in [0.2, 0.25) is 10.0 Å². The quantitative estimate of drug-likeness (QED) is 0.255. The molecule has 2 aromatic heterocycles. The van der Waals surface area contributed by atoms with E-state index in [-0.39, 0.29) is 5.97 Å². The molecule has 2 aliphatic rings. The molecule has 0 spiro atoms. The number of esters is 1. The van der Waals surface area contributed by atoms with E-state index in [2.05, 4.69) is 27.1 Å². The van der Waals surface area contributed by atoms with Gasteiger partial charge in [-0.15, -0.1) is 0 Å². The predicted molar refractivity (Wildman–Crippen MR) is 151 cm³/mol. The molecule has 7 nitrogen and oxygen atoms in total. The zero-order valence-electron chi connectivity index (χ0n) is 21.5. The van der Waals surface area contributed by atoms with Crippen LogP contribution in [-0.4, -0.2) is 60.4 Å². The third kappa shape index (κ3) is 4.79. The largest absolute Gasteiger partial charge is 0.465 e. The number of anilines is 1. The van der Waals surface area contributed by atoms with E-state index in [1.54, 1.807) is 6.07 Å². The first kappa shape index (κ1) is 25.3. The number of aryl methyl sites for hydroxylation is 1. The molecular formula is C29H30Cl2N4O3. The summed E-state index contributed by atoms with van der Waals surface area (Å²) in [6, 6.07) is 11.8. The maximum atomic E-state index is 12.1. The molecule has 1 aliphatic carbocycles. The average molecular weight is 553 g/mol. The van der Waals surface area contributed by atoms with Crippen LogP contribution in [0.1, 0.15) is 40.4 Å². The SMILES string of the molecule is COC(=O)c1cn(C)c2cc(N3CCN(CCc4c(-c5ccc(Cl)cc5Cl)noc4C4CC4)CC3)ccc12. The van der Waals surface area contributed by atoms with E-state index in [1.165, 1.54) is 18.4 Å². The van der Waals surface area contributed by atoms with Crippen molar-refractivity contribution in [3.05, 3.63) is 69.5 Å². The average Bonchev–Trinajstić information content (AvgIpc) is 3.61. The van der Waals surface area contributed by atoms with E-state index in [0.29, 0.717) is 21.5 Å². The number of piperazine rings is 1. The van der Waals surface area contributed by atoms with Crippen LogP contribution in [0.15, 0.2) is 47.1 Å². The number of benzene rings is 2. The number of methoxy groups -OCH3 is 1. The van der Waals surface area contributed by atoms with Crippen molar-refractivity contribution >= 4 is 45.8 Å². The minimum atomic E-state index is -0.309. The Morgan fingerprint density at radius 3 is 2.61 bits per heavy atom. The van der Waals surface area contributed by atoms with Crippen molar-refractivity contribution < 1.29 is 14.1 Å². The van der Waals surface area contributed by atoms with Gasteiger partial charge in [-0.1, -0.05) is 28.4 Å². The highest BCUT2D eigenvalue weighted by Crippen LogP contribution is 2.45. The molecule has 4 aromatic rings. The zero-order chi connectivity index (χ0) is 26.4. The van der Waals surface area contributed by atoms with Crippen molar-refractivity contribution in [1.29, 1.82) is 0 Å². The van der Waals surface area contributed by atoms with Gasteiger partial charge in [0.2, 0.25) is 0 Å². The van der Waals surface area contributed by atoms with Crippen molar-refractivity contribution in [2.75, 3.05) is 44.7 Å². The Labute approximate surface area is 231 Å². The molecule has 0 bridgehead atoms. The summed E-state index contributed by atoms with van der Waals surface area (Å²) in [7, 11) is 3.38. The van der Waals surface area contributed by atoms with Crippen LogP contribution >= 0.6 is 23.2 Å². The Bertz CT molecular complexity index is 1500.